The summed E-state index contributed by atoms with van der Waals surface area (Å²) in [4.78, 5) is 17.1. The van der Waals surface area contributed by atoms with Crippen molar-refractivity contribution in [2.45, 2.75) is 6.18 Å². The first kappa shape index (κ1) is 15.0. The van der Waals surface area contributed by atoms with Crippen molar-refractivity contribution in [1.29, 1.82) is 0 Å². The van der Waals surface area contributed by atoms with Crippen molar-refractivity contribution < 1.29 is 18.0 Å². The molecule has 1 aromatic heterocycles. The van der Waals surface area contributed by atoms with Gasteiger partial charge in [0.2, 0.25) is 0 Å². The van der Waals surface area contributed by atoms with Crippen LogP contribution in [0.2, 0.25) is 0 Å². The second-order valence-electron chi connectivity index (χ2n) is 4.59. The number of anilines is 1. The lowest BCUT2D eigenvalue weighted by atomic mass is 10.0. The van der Waals surface area contributed by atoms with Crippen LogP contribution >= 0.6 is 0 Å². The van der Waals surface area contributed by atoms with Gasteiger partial charge < -0.3 is 4.90 Å². The standard InChI is InChI=1S/C13H13F3N4O/c1-20(2)11-7-4-3-5-9(13(14,15)16)10(7)18-6-8(11)12(21)19-17/h3-6H,17H2,1-2H3,(H,19,21). The Kier molecular flexibility index (Phi) is 3.73. The first-order valence-electron chi connectivity index (χ1n) is 5.94. The number of hydrazine groups is 1. The number of carbonyl (C=O) groups is 1. The predicted octanol–water partition coefficient (Wildman–Crippen LogP) is 1.92. The summed E-state index contributed by atoms with van der Waals surface area (Å²) in [7, 11) is 3.25. The molecule has 0 atom stereocenters. The van der Waals surface area contributed by atoms with Gasteiger partial charge in [-0.15, -0.1) is 0 Å². The van der Waals surface area contributed by atoms with E-state index in [1.54, 1.807) is 19.0 Å². The number of aromatic nitrogens is 1. The summed E-state index contributed by atoms with van der Waals surface area (Å²) in [6.45, 7) is 0. The topological polar surface area (TPSA) is 71.2 Å². The Morgan fingerprint density at radius 1 is 1.33 bits per heavy atom. The van der Waals surface area contributed by atoms with Crippen LogP contribution in [0, 0.1) is 0 Å². The maximum atomic E-state index is 13.0. The van der Waals surface area contributed by atoms with E-state index < -0.39 is 17.6 Å². The van der Waals surface area contributed by atoms with Crippen LogP contribution in [-0.4, -0.2) is 25.0 Å². The highest BCUT2D eigenvalue weighted by Gasteiger charge is 2.34. The summed E-state index contributed by atoms with van der Waals surface area (Å²) < 4.78 is 39.1. The minimum atomic E-state index is -4.52. The van der Waals surface area contributed by atoms with Crippen molar-refractivity contribution in [3.63, 3.8) is 0 Å². The van der Waals surface area contributed by atoms with Crippen LogP contribution in [0.1, 0.15) is 15.9 Å². The number of hydrogen-bond donors (Lipinski definition) is 2. The molecule has 0 fully saturated rings. The number of pyridine rings is 1. The molecule has 0 saturated heterocycles. The molecule has 0 spiro atoms. The van der Waals surface area contributed by atoms with Crippen LogP contribution in [0.5, 0.6) is 0 Å². The van der Waals surface area contributed by atoms with Crippen LogP contribution in [0.25, 0.3) is 10.9 Å². The van der Waals surface area contributed by atoms with Gasteiger partial charge in [-0.2, -0.15) is 13.2 Å². The van der Waals surface area contributed by atoms with E-state index in [-0.39, 0.29) is 16.5 Å². The highest BCUT2D eigenvalue weighted by molar-refractivity contribution is 6.07. The van der Waals surface area contributed by atoms with Gasteiger partial charge in [0.05, 0.1) is 22.3 Å². The number of nitrogens with two attached hydrogens (primary N) is 1. The maximum absolute atomic E-state index is 13.0. The molecule has 112 valence electrons. The highest BCUT2D eigenvalue weighted by Crippen LogP contribution is 2.37. The Morgan fingerprint density at radius 2 is 2.00 bits per heavy atom. The third-order valence-electron chi connectivity index (χ3n) is 3.00. The zero-order valence-corrected chi connectivity index (χ0v) is 11.3. The number of para-hydroxylation sites is 1. The van der Waals surface area contributed by atoms with Gasteiger partial charge >= 0.3 is 6.18 Å². The monoisotopic (exact) mass is 298 g/mol. The SMILES string of the molecule is CN(C)c1c(C(=O)NN)cnc2c(C(F)(F)F)cccc12. The minimum Gasteiger partial charge on any atom is -0.376 e. The van der Waals surface area contributed by atoms with Gasteiger partial charge in [-0.3, -0.25) is 15.2 Å². The summed E-state index contributed by atoms with van der Waals surface area (Å²) in [6.07, 6.45) is -3.43. The number of hydrogen-bond acceptors (Lipinski definition) is 4. The Labute approximate surface area is 118 Å². The van der Waals surface area contributed by atoms with E-state index >= 15 is 0 Å². The Bertz CT molecular complexity index is 698. The summed E-state index contributed by atoms with van der Waals surface area (Å²) >= 11 is 0. The molecular weight excluding hydrogens is 285 g/mol. The van der Waals surface area contributed by atoms with Gasteiger partial charge in [-0.1, -0.05) is 12.1 Å². The third-order valence-corrected chi connectivity index (χ3v) is 3.00. The summed E-state index contributed by atoms with van der Waals surface area (Å²) in [5.41, 5.74) is 1.34. The molecule has 0 radical (unpaired) electrons. The fraction of sp³-hybridized carbons (Fsp3) is 0.231. The van der Waals surface area contributed by atoms with Crippen LogP contribution in [-0.2, 0) is 6.18 Å². The number of benzene rings is 1. The second kappa shape index (κ2) is 5.21. The zero-order chi connectivity index (χ0) is 15.8. The number of alkyl halides is 3. The molecule has 1 amide bonds. The molecule has 1 aromatic carbocycles. The van der Waals surface area contributed by atoms with Gasteiger partial charge in [0.25, 0.3) is 5.91 Å². The summed E-state index contributed by atoms with van der Waals surface area (Å²) in [5.74, 6) is 4.47. The maximum Gasteiger partial charge on any atom is 0.418 e. The van der Waals surface area contributed by atoms with E-state index in [0.717, 1.165) is 12.3 Å². The van der Waals surface area contributed by atoms with Gasteiger partial charge in [-0.05, 0) is 6.07 Å². The highest BCUT2D eigenvalue weighted by atomic mass is 19.4. The number of fused-ring (bicyclic) bond motifs is 1. The molecule has 0 bridgehead atoms. The number of rotatable bonds is 2. The zero-order valence-electron chi connectivity index (χ0n) is 11.3. The molecule has 2 rings (SSSR count). The molecule has 3 N–H and O–H groups in total. The molecule has 21 heavy (non-hydrogen) atoms. The van der Waals surface area contributed by atoms with E-state index in [0.29, 0.717) is 5.69 Å². The van der Waals surface area contributed by atoms with Crippen LogP contribution in [0.15, 0.2) is 24.4 Å². The predicted molar refractivity (Wildman–Crippen MR) is 72.7 cm³/mol. The largest absolute Gasteiger partial charge is 0.418 e. The average Bonchev–Trinajstić information content (AvgIpc) is 2.43. The van der Waals surface area contributed by atoms with E-state index in [1.807, 2.05) is 5.43 Å². The lowest BCUT2D eigenvalue weighted by Gasteiger charge is -2.20. The Morgan fingerprint density at radius 3 is 2.52 bits per heavy atom. The van der Waals surface area contributed by atoms with Crippen molar-refractivity contribution in [3.8, 4) is 0 Å². The lowest BCUT2D eigenvalue weighted by molar-refractivity contribution is -0.136. The first-order chi connectivity index (χ1) is 9.77. The molecule has 1 heterocycles. The normalized spacial score (nSPS) is 11.5. The van der Waals surface area contributed by atoms with E-state index in [2.05, 4.69) is 4.98 Å². The first-order valence-corrected chi connectivity index (χ1v) is 5.94. The van der Waals surface area contributed by atoms with Crippen LogP contribution in [0.3, 0.4) is 0 Å². The smallest absolute Gasteiger partial charge is 0.376 e. The van der Waals surface area contributed by atoms with Gasteiger partial charge in [0.1, 0.15) is 0 Å². The van der Waals surface area contributed by atoms with E-state index in [1.165, 1.54) is 12.1 Å². The number of nitrogens with one attached hydrogen (secondary N) is 1. The molecule has 0 aliphatic rings. The van der Waals surface area contributed by atoms with E-state index in [9.17, 15) is 18.0 Å². The number of amides is 1. The van der Waals surface area contributed by atoms with Gasteiger partial charge in [-0.25, -0.2) is 5.84 Å². The van der Waals surface area contributed by atoms with Crippen molar-refractivity contribution in [3.05, 3.63) is 35.5 Å². The number of halogens is 3. The molecule has 5 nitrogen and oxygen atoms in total. The van der Waals surface area contributed by atoms with Crippen molar-refractivity contribution in [2.24, 2.45) is 5.84 Å². The van der Waals surface area contributed by atoms with Crippen molar-refractivity contribution >= 4 is 22.5 Å². The van der Waals surface area contributed by atoms with Gasteiger partial charge in [0.15, 0.2) is 0 Å². The number of nitrogens with zero attached hydrogens (tertiary/aromatic N) is 2. The second-order valence-corrected chi connectivity index (χ2v) is 4.59. The molecule has 0 aliphatic carbocycles. The summed E-state index contributed by atoms with van der Waals surface area (Å²) in [5, 5.41) is 0.232. The molecule has 0 aliphatic heterocycles. The molecule has 8 heteroatoms. The van der Waals surface area contributed by atoms with Crippen molar-refractivity contribution in [1.82, 2.24) is 10.4 Å². The Balaban J connectivity index is 2.86. The van der Waals surface area contributed by atoms with Crippen LogP contribution in [0.4, 0.5) is 18.9 Å². The van der Waals surface area contributed by atoms with E-state index in [4.69, 9.17) is 5.84 Å². The number of carbonyl (C=O) groups excluding carboxylic acids is 1. The number of nitrogen functional groups attached to an aromatic ring is 1. The molecule has 0 unspecified atom stereocenters. The lowest BCUT2D eigenvalue weighted by Crippen LogP contribution is -2.31. The average molecular weight is 298 g/mol. The minimum absolute atomic E-state index is 0.106. The fourth-order valence-corrected chi connectivity index (χ4v) is 2.16. The van der Waals surface area contributed by atoms with Crippen molar-refractivity contribution in [2.75, 3.05) is 19.0 Å². The molecule has 0 saturated carbocycles. The van der Waals surface area contributed by atoms with Crippen LogP contribution < -0.4 is 16.2 Å². The molecule has 2 aromatic rings. The summed E-state index contributed by atoms with van der Waals surface area (Å²) in [6, 6.07) is 3.72. The third kappa shape index (κ3) is 2.62. The Hall–Kier alpha value is -2.35. The molecular formula is C13H13F3N4O. The quantitative estimate of drug-likeness (QED) is 0.505. The fourth-order valence-electron chi connectivity index (χ4n) is 2.16. The van der Waals surface area contributed by atoms with Gasteiger partial charge in [0, 0.05) is 25.7 Å².